The van der Waals surface area contributed by atoms with E-state index in [2.05, 4.69) is 20.3 Å². The van der Waals surface area contributed by atoms with E-state index in [9.17, 15) is 0 Å². The molecule has 0 spiro atoms. The van der Waals surface area contributed by atoms with Crippen LogP contribution in [0, 0.1) is 5.92 Å². The maximum Gasteiger partial charge on any atom is 0.173 e. The molecule has 0 amide bonds. The maximum absolute atomic E-state index is 8.84. The lowest BCUT2D eigenvalue weighted by molar-refractivity contribution is 0.318. The summed E-state index contributed by atoms with van der Waals surface area (Å²) in [5, 5.41) is 20.0. The molecule has 0 saturated heterocycles. The average molecular weight is 247 g/mol. The van der Waals surface area contributed by atoms with E-state index in [0.29, 0.717) is 11.6 Å². The Labute approximate surface area is 105 Å². The second-order valence-electron chi connectivity index (χ2n) is 5.08. The Morgan fingerprint density at radius 3 is 2.83 bits per heavy atom. The first-order chi connectivity index (χ1) is 8.79. The summed E-state index contributed by atoms with van der Waals surface area (Å²) >= 11 is 0. The van der Waals surface area contributed by atoms with Gasteiger partial charge in [-0.15, -0.1) is 5.10 Å². The van der Waals surface area contributed by atoms with Crippen molar-refractivity contribution in [1.82, 2.24) is 10.2 Å². The highest BCUT2D eigenvalue weighted by Gasteiger charge is 2.36. The van der Waals surface area contributed by atoms with Gasteiger partial charge in [-0.05, 0) is 37.7 Å². The molecule has 3 rings (SSSR count). The Morgan fingerprint density at radius 2 is 2.22 bits per heavy atom. The highest BCUT2D eigenvalue weighted by Crippen LogP contribution is 2.37. The van der Waals surface area contributed by atoms with E-state index < -0.39 is 0 Å². The molecule has 6 nitrogen and oxygen atoms in total. The van der Waals surface area contributed by atoms with Crippen LogP contribution in [-0.2, 0) is 0 Å². The van der Waals surface area contributed by atoms with Crippen LogP contribution in [0.1, 0.15) is 31.2 Å². The minimum Gasteiger partial charge on any atom is -0.409 e. The number of hydrogen-bond donors (Lipinski definition) is 2. The van der Waals surface area contributed by atoms with Crippen molar-refractivity contribution in [2.45, 2.75) is 31.7 Å². The van der Waals surface area contributed by atoms with E-state index in [1.807, 2.05) is 0 Å². The zero-order valence-corrected chi connectivity index (χ0v) is 10.2. The Morgan fingerprint density at radius 1 is 1.44 bits per heavy atom. The lowest BCUT2D eigenvalue weighted by Crippen LogP contribution is -2.32. The second-order valence-corrected chi connectivity index (χ2v) is 5.08. The lowest BCUT2D eigenvalue weighted by Gasteiger charge is -2.24. The molecule has 0 bridgehead atoms. The number of oxime groups is 1. The van der Waals surface area contributed by atoms with Crippen molar-refractivity contribution in [2.75, 3.05) is 11.4 Å². The zero-order valence-electron chi connectivity index (χ0n) is 10.2. The minimum atomic E-state index is 0.0985. The van der Waals surface area contributed by atoms with Crippen molar-refractivity contribution >= 4 is 11.7 Å². The van der Waals surface area contributed by atoms with Crippen LogP contribution in [-0.4, -0.2) is 33.8 Å². The van der Waals surface area contributed by atoms with Gasteiger partial charge in [0.25, 0.3) is 0 Å². The van der Waals surface area contributed by atoms with Gasteiger partial charge >= 0.3 is 0 Å². The molecule has 6 heteroatoms. The van der Waals surface area contributed by atoms with E-state index in [4.69, 9.17) is 10.9 Å². The molecule has 18 heavy (non-hydrogen) atoms. The summed E-state index contributed by atoms with van der Waals surface area (Å²) in [6, 6.07) is 2.30. The molecule has 0 aliphatic heterocycles. The molecule has 1 heterocycles. The minimum absolute atomic E-state index is 0.0985. The fraction of sp³-hybridized carbons (Fsp3) is 0.583. The van der Waals surface area contributed by atoms with E-state index >= 15 is 0 Å². The van der Waals surface area contributed by atoms with Gasteiger partial charge in [-0.3, -0.25) is 0 Å². The topological polar surface area (TPSA) is 87.6 Å². The van der Waals surface area contributed by atoms with Gasteiger partial charge in [0.05, 0.1) is 11.8 Å². The van der Waals surface area contributed by atoms with Gasteiger partial charge < -0.3 is 15.8 Å². The number of aromatic nitrogens is 2. The van der Waals surface area contributed by atoms with Gasteiger partial charge in [0.1, 0.15) is 0 Å². The number of rotatable bonds is 5. The molecular formula is C12H17N5O. The molecule has 0 unspecified atom stereocenters. The summed E-state index contributed by atoms with van der Waals surface area (Å²) in [6.45, 7) is 1.01. The van der Waals surface area contributed by atoms with Crippen LogP contribution in [0.25, 0.3) is 0 Å². The van der Waals surface area contributed by atoms with Gasteiger partial charge in [-0.25, -0.2) is 0 Å². The van der Waals surface area contributed by atoms with Crippen LogP contribution >= 0.6 is 0 Å². The summed E-state index contributed by atoms with van der Waals surface area (Å²) in [5.41, 5.74) is 6.37. The predicted octanol–water partition coefficient (Wildman–Crippen LogP) is 0.950. The molecule has 2 aliphatic rings. The lowest BCUT2D eigenvalue weighted by atomic mass is 10.2. The molecule has 3 N–H and O–H groups in total. The summed E-state index contributed by atoms with van der Waals surface area (Å²) in [5.74, 6) is 1.62. The van der Waals surface area contributed by atoms with Crippen molar-refractivity contribution in [1.29, 1.82) is 0 Å². The molecule has 0 radical (unpaired) electrons. The number of amidine groups is 1. The van der Waals surface area contributed by atoms with Crippen LogP contribution in [0.5, 0.6) is 0 Å². The van der Waals surface area contributed by atoms with Crippen LogP contribution in [0.15, 0.2) is 17.4 Å². The zero-order chi connectivity index (χ0) is 12.5. The molecule has 2 fully saturated rings. The second kappa shape index (κ2) is 4.44. The van der Waals surface area contributed by atoms with E-state index in [-0.39, 0.29) is 5.84 Å². The fourth-order valence-corrected chi connectivity index (χ4v) is 2.16. The number of nitrogens with two attached hydrogens (primary N) is 1. The third-order valence-corrected chi connectivity index (χ3v) is 3.50. The smallest absolute Gasteiger partial charge is 0.173 e. The average Bonchev–Trinajstić information content (AvgIpc) is 3.28. The summed E-state index contributed by atoms with van der Waals surface area (Å²) < 4.78 is 0. The Bertz CT molecular complexity index is 467. The first-order valence-corrected chi connectivity index (χ1v) is 6.36. The normalized spacial score (nSPS) is 19.9. The summed E-state index contributed by atoms with van der Waals surface area (Å²) in [7, 11) is 0. The SMILES string of the molecule is N/C(=N/O)c1ccnnc1N(CC1CC1)C1CC1. The van der Waals surface area contributed by atoms with Crippen molar-refractivity contribution in [3.05, 3.63) is 17.8 Å². The first kappa shape index (κ1) is 11.3. The van der Waals surface area contributed by atoms with E-state index in [1.54, 1.807) is 12.3 Å². The standard InChI is InChI=1S/C12H17N5O/c13-11(16-18)10-5-6-14-15-12(10)17(9-3-4-9)7-8-1-2-8/h5-6,8-9,18H,1-4,7H2,(H2,13,16). The molecule has 0 atom stereocenters. The van der Waals surface area contributed by atoms with Crippen LogP contribution in [0.2, 0.25) is 0 Å². The van der Waals surface area contributed by atoms with Crippen molar-refractivity contribution < 1.29 is 5.21 Å². The van der Waals surface area contributed by atoms with E-state index in [0.717, 1.165) is 18.3 Å². The largest absolute Gasteiger partial charge is 0.409 e. The predicted molar refractivity (Wildman–Crippen MR) is 67.6 cm³/mol. The van der Waals surface area contributed by atoms with Crippen LogP contribution < -0.4 is 10.6 Å². The van der Waals surface area contributed by atoms with Crippen molar-refractivity contribution in [3.8, 4) is 0 Å². The fourth-order valence-electron chi connectivity index (χ4n) is 2.16. The Balaban J connectivity index is 1.92. The van der Waals surface area contributed by atoms with Crippen molar-refractivity contribution in [2.24, 2.45) is 16.8 Å². The Kier molecular flexibility index (Phi) is 2.77. The molecule has 96 valence electrons. The third-order valence-electron chi connectivity index (χ3n) is 3.50. The highest BCUT2D eigenvalue weighted by molar-refractivity contribution is 6.01. The van der Waals surface area contributed by atoms with E-state index in [1.165, 1.54) is 25.7 Å². The maximum atomic E-state index is 8.84. The first-order valence-electron chi connectivity index (χ1n) is 6.36. The van der Waals surface area contributed by atoms with Gasteiger partial charge in [0.2, 0.25) is 0 Å². The van der Waals surface area contributed by atoms with Gasteiger partial charge in [-0.2, -0.15) is 5.10 Å². The summed E-state index contributed by atoms with van der Waals surface area (Å²) in [4.78, 5) is 2.28. The van der Waals surface area contributed by atoms with Gasteiger partial charge in [0.15, 0.2) is 11.7 Å². The molecule has 0 aromatic carbocycles. The number of hydrogen-bond acceptors (Lipinski definition) is 5. The quantitative estimate of drug-likeness (QED) is 0.350. The monoisotopic (exact) mass is 247 g/mol. The Hall–Kier alpha value is -1.85. The number of anilines is 1. The molecule has 2 aliphatic carbocycles. The molecule has 2 saturated carbocycles. The highest BCUT2D eigenvalue weighted by atomic mass is 16.4. The van der Waals surface area contributed by atoms with Gasteiger partial charge in [0, 0.05) is 12.6 Å². The molecule has 1 aromatic heterocycles. The number of nitrogens with zero attached hydrogens (tertiary/aromatic N) is 4. The molecular weight excluding hydrogens is 230 g/mol. The summed E-state index contributed by atoms with van der Waals surface area (Å²) in [6.07, 6.45) is 6.54. The third kappa shape index (κ3) is 2.23. The van der Waals surface area contributed by atoms with Gasteiger partial charge in [-0.1, -0.05) is 5.16 Å². The van der Waals surface area contributed by atoms with Crippen LogP contribution in [0.4, 0.5) is 5.82 Å². The van der Waals surface area contributed by atoms with Crippen LogP contribution in [0.3, 0.4) is 0 Å². The van der Waals surface area contributed by atoms with Crippen molar-refractivity contribution in [3.63, 3.8) is 0 Å². The molecule has 1 aromatic rings.